The Balaban J connectivity index is 1.97. The van der Waals surface area contributed by atoms with Crippen molar-refractivity contribution in [2.24, 2.45) is 0 Å². The summed E-state index contributed by atoms with van der Waals surface area (Å²) < 4.78 is 51.1. The van der Waals surface area contributed by atoms with E-state index in [4.69, 9.17) is 9.47 Å². The molecule has 0 fully saturated rings. The number of aromatic carboxylic acids is 1. The molecule has 0 bridgehead atoms. The fraction of sp³-hybridized carbons (Fsp3) is 0.188. The Bertz CT molecular complexity index is 769. The number of ether oxygens (including phenoxy) is 3. The average molecular weight is 340 g/mol. The number of alkyl halides is 3. The molecule has 2 aromatic rings. The van der Waals surface area contributed by atoms with Gasteiger partial charge in [0, 0.05) is 0 Å². The van der Waals surface area contributed by atoms with Gasteiger partial charge >= 0.3 is 12.3 Å². The summed E-state index contributed by atoms with van der Waals surface area (Å²) in [5, 5.41) is 9.30. The molecule has 1 aliphatic heterocycles. The highest BCUT2D eigenvalue weighted by Crippen LogP contribution is 2.38. The summed E-state index contributed by atoms with van der Waals surface area (Å²) in [7, 11) is 0. The van der Waals surface area contributed by atoms with Crippen LogP contribution < -0.4 is 14.2 Å². The molecule has 0 atom stereocenters. The summed E-state index contributed by atoms with van der Waals surface area (Å²) in [6, 6.07) is 8.08. The fourth-order valence-electron chi connectivity index (χ4n) is 2.33. The van der Waals surface area contributed by atoms with Gasteiger partial charge in [0.05, 0.1) is 0 Å². The molecule has 0 saturated carbocycles. The molecule has 2 aromatic carbocycles. The van der Waals surface area contributed by atoms with Crippen LogP contribution >= 0.6 is 0 Å². The van der Waals surface area contributed by atoms with E-state index in [0.29, 0.717) is 11.1 Å². The minimum Gasteiger partial charge on any atom is -0.486 e. The lowest BCUT2D eigenvalue weighted by molar-refractivity contribution is -0.274. The SMILES string of the molecule is O=C(O)c1cc(-c2ccc(OC(F)(F)F)cc2)cc2c1OCCO2. The predicted molar refractivity (Wildman–Crippen MR) is 76.5 cm³/mol. The monoisotopic (exact) mass is 340 g/mol. The van der Waals surface area contributed by atoms with Crippen LogP contribution in [0.4, 0.5) is 13.2 Å². The van der Waals surface area contributed by atoms with E-state index in [0.717, 1.165) is 12.1 Å². The van der Waals surface area contributed by atoms with Crippen molar-refractivity contribution in [1.82, 2.24) is 0 Å². The molecule has 1 aliphatic rings. The van der Waals surface area contributed by atoms with Crippen molar-refractivity contribution >= 4 is 5.97 Å². The number of carboxylic acid groups (broad SMARTS) is 1. The number of rotatable bonds is 3. The Kier molecular flexibility index (Phi) is 3.96. The number of benzene rings is 2. The first-order valence-electron chi connectivity index (χ1n) is 6.86. The number of hydrogen-bond acceptors (Lipinski definition) is 4. The summed E-state index contributed by atoms with van der Waals surface area (Å²) in [6.45, 7) is 0.532. The van der Waals surface area contributed by atoms with Crippen molar-refractivity contribution in [2.75, 3.05) is 13.2 Å². The predicted octanol–water partition coefficient (Wildman–Crippen LogP) is 3.72. The van der Waals surface area contributed by atoms with Crippen molar-refractivity contribution in [3.63, 3.8) is 0 Å². The van der Waals surface area contributed by atoms with Crippen LogP contribution in [0.3, 0.4) is 0 Å². The molecule has 0 unspecified atom stereocenters. The van der Waals surface area contributed by atoms with E-state index >= 15 is 0 Å². The van der Waals surface area contributed by atoms with E-state index in [9.17, 15) is 23.1 Å². The Labute approximate surface area is 134 Å². The second-order valence-electron chi connectivity index (χ2n) is 4.93. The van der Waals surface area contributed by atoms with Crippen LogP contribution in [-0.4, -0.2) is 30.7 Å². The number of halogens is 3. The van der Waals surface area contributed by atoms with Gasteiger partial charge in [-0.15, -0.1) is 13.2 Å². The van der Waals surface area contributed by atoms with Crippen LogP contribution in [0.1, 0.15) is 10.4 Å². The zero-order valence-electron chi connectivity index (χ0n) is 12.1. The average Bonchev–Trinajstić information content (AvgIpc) is 2.53. The third-order valence-electron chi connectivity index (χ3n) is 3.29. The van der Waals surface area contributed by atoms with E-state index in [2.05, 4.69) is 4.74 Å². The van der Waals surface area contributed by atoms with Gasteiger partial charge in [-0.3, -0.25) is 0 Å². The molecule has 8 heteroatoms. The van der Waals surface area contributed by atoms with E-state index in [1.807, 2.05) is 0 Å². The van der Waals surface area contributed by atoms with Gasteiger partial charge in [-0.2, -0.15) is 0 Å². The lowest BCUT2D eigenvalue weighted by Gasteiger charge is -2.21. The molecule has 0 spiro atoms. The lowest BCUT2D eigenvalue weighted by Crippen LogP contribution is -2.18. The Morgan fingerprint density at radius 1 is 1.04 bits per heavy atom. The fourth-order valence-corrected chi connectivity index (χ4v) is 2.33. The summed E-state index contributed by atoms with van der Waals surface area (Å²) in [6.07, 6.45) is -4.77. The number of hydrogen-bond donors (Lipinski definition) is 1. The first-order chi connectivity index (χ1) is 11.3. The number of carboxylic acids is 1. The molecule has 0 aromatic heterocycles. The van der Waals surface area contributed by atoms with Crippen LogP contribution in [0.25, 0.3) is 11.1 Å². The number of carbonyl (C=O) groups is 1. The van der Waals surface area contributed by atoms with Crippen molar-refractivity contribution in [3.8, 4) is 28.4 Å². The molecule has 0 radical (unpaired) electrons. The van der Waals surface area contributed by atoms with Gasteiger partial charge in [0.2, 0.25) is 0 Å². The molecule has 5 nitrogen and oxygen atoms in total. The molecule has 3 rings (SSSR count). The summed E-state index contributed by atoms with van der Waals surface area (Å²) in [5.74, 6) is -1.11. The van der Waals surface area contributed by atoms with Crippen molar-refractivity contribution in [1.29, 1.82) is 0 Å². The highest BCUT2D eigenvalue weighted by atomic mass is 19.4. The maximum absolute atomic E-state index is 12.2. The lowest BCUT2D eigenvalue weighted by atomic mass is 10.0. The zero-order chi connectivity index (χ0) is 17.3. The maximum Gasteiger partial charge on any atom is 0.573 e. The molecule has 0 saturated heterocycles. The third kappa shape index (κ3) is 3.37. The zero-order valence-corrected chi connectivity index (χ0v) is 12.1. The maximum atomic E-state index is 12.2. The topological polar surface area (TPSA) is 65.0 Å². The smallest absolute Gasteiger partial charge is 0.486 e. The van der Waals surface area contributed by atoms with Crippen molar-refractivity contribution in [3.05, 3.63) is 42.0 Å². The molecule has 1 heterocycles. The summed E-state index contributed by atoms with van der Waals surface area (Å²) >= 11 is 0. The van der Waals surface area contributed by atoms with Gasteiger partial charge in [0.25, 0.3) is 0 Å². The van der Waals surface area contributed by atoms with E-state index in [1.165, 1.54) is 18.2 Å². The van der Waals surface area contributed by atoms with Crippen LogP contribution in [0.2, 0.25) is 0 Å². The van der Waals surface area contributed by atoms with Crippen LogP contribution in [0.15, 0.2) is 36.4 Å². The van der Waals surface area contributed by atoms with E-state index in [1.54, 1.807) is 6.07 Å². The minimum absolute atomic E-state index is 0.0715. The molecular formula is C16H11F3O5. The molecule has 0 aliphatic carbocycles. The minimum atomic E-state index is -4.77. The van der Waals surface area contributed by atoms with Crippen LogP contribution in [0.5, 0.6) is 17.2 Å². The van der Waals surface area contributed by atoms with Gasteiger partial charge < -0.3 is 19.3 Å². The Morgan fingerprint density at radius 2 is 1.71 bits per heavy atom. The summed E-state index contributed by atoms with van der Waals surface area (Å²) in [5.41, 5.74) is 0.928. The van der Waals surface area contributed by atoms with Crippen LogP contribution in [0, 0.1) is 0 Å². The first kappa shape index (κ1) is 16.0. The van der Waals surface area contributed by atoms with Gasteiger partial charge in [-0.05, 0) is 35.4 Å². The van der Waals surface area contributed by atoms with E-state index < -0.39 is 12.3 Å². The normalized spacial score (nSPS) is 13.5. The second-order valence-corrected chi connectivity index (χ2v) is 4.93. The van der Waals surface area contributed by atoms with Gasteiger partial charge in [-0.1, -0.05) is 12.1 Å². The molecule has 24 heavy (non-hydrogen) atoms. The third-order valence-corrected chi connectivity index (χ3v) is 3.29. The van der Waals surface area contributed by atoms with E-state index in [-0.39, 0.29) is 36.0 Å². The Hall–Kier alpha value is -2.90. The van der Waals surface area contributed by atoms with Gasteiger partial charge in [0.15, 0.2) is 11.5 Å². The van der Waals surface area contributed by atoms with Gasteiger partial charge in [-0.25, -0.2) is 4.79 Å². The second kappa shape index (κ2) is 5.95. The van der Waals surface area contributed by atoms with Crippen molar-refractivity contribution < 1.29 is 37.3 Å². The standard InChI is InChI=1S/C16H11F3O5/c17-16(18,19)24-11-3-1-9(2-4-11)10-7-12(15(20)21)14-13(8-10)22-5-6-23-14/h1-4,7-8H,5-6H2,(H,20,21). The first-order valence-corrected chi connectivity index (χ1v) is 6.86. The highest BCUT2D eigenvalue weighted by molar-refractivity contribution is 5.94. The van der Waals surface area contributed by atoms with Crippen LogP contribution in [-0.2, 0) is 0 Å². The molecule has 1 N–H and O–H groups in total. The molecule has 0 amide bonds. The Morgan fingerprint density at radius 3 is 2.33 bits per heavy atom. The highest BCUT2D eigenvalue weighted by Gasteiger charge is 2.31. The van der Waals surface area contributed by atoms with Crippen molar-refractivity contribution in [2.45, 2.75) is 6.36 Å². The van der Waals surface area contributed by atoms with Gasteiger partial charge in [0.1, 0.15) is 24.5 Å². The quantitative estimate of drug-likeness (QED) is 0.922. The molecule has 126 valence electrons. The summed E-state index contributed by atoms with van der Waals surface area (Å²) in [4.78, 5) is 11.4. The largest absolute Gasteiger partial charge is 0.573 e. The number of fused-ring (bicyclic) bond motifs is 1. The molecular weight excluding hydrogens is 329 g/mol.